The topological polar surface area (TPSA) is 39.7 Å². The van der Waals surface area contributed by atoms with E-state index in [0.717, 1.165) is 23.7 Å². The largest absolute Gasteiger partial charge is 0.406 e. The zero-order chi connectivity index (χ0) is 16.2. The van der Waals surface area contributed by atoms with E-state index in [9.17, 15) is 18.0 Å². The molecule has 5 nitrogen and oxygen atoms in total. The molecule has 1 aliphatic rings. The Hall–Kier alpha value is -1.83. The Bertz CT molecular complexity index is 487. The lowest BCUT2D eigenvalue weighted by Gasteiger charge is -2.36. The van der Waals surface area contributed by atoms with E-state index in [1.165, 1.54) is 7.05 Å². The minimum Gasteiger partial charge on any atom is -0.369 e. The predicted molar refractivity (Wildman–Crippen MR) is 76.6 cm³/mol. The van der Waals surface area contributed by atoms with E-state index in [4.69, 9.17) is 0 Å². The van der Waals surface area contributed by atoms with Crippen LogP contribution in [0.1, 0.15) is 0 Å². The number of piperazine rings is 1. The monoisotopic (exact) mass is 316 g/mol. The van der Waals surface area contributed by atoms with Crippen molar-refractivity contribution in [3.63, 3.8) is 0 Å². The Kier molecular flexibility index (Phi) is 5.23. The summed E-state index contributed by atoms with van der Waals surface area (Å²) in [5, 5.41) is 0. The van der Waals surface area contributed by atoms with Gasteiger partial charge in [-0.15, -0.1) is 0 Å². The second kappa shape index (κ2) is 6.95. The van der Waals surface area contributed by atoms with Crippen LogP contribution in [0.4, 0.5) is 18.9 Å². The molecule has 0 unspecified atom stereocenters. The summed E-state index contributed by atoms with van der Waals surface area (Å²) in [5.41, 5.74) is 1.06. The van der Waals surface area contributed by atoms with Crippen LogP contribution in [0.15, 0.2) is 24.5 Å². The van der Waals surface area contributed by atoms with Crippen molar-refractivity contribution in [1.29, 1.82) is 0 Å². The smallest absolute Gasteiger partial charge is 0.369 e. The molecule has 8 heteroatoms. The number of alkyl halides is 3. The number of carbonyl (C=O) groups is 1. The van der Waals surface area contributed by atoms with Crippen molar-refractivity contribution in [2.24, 2.45) is 0 Å². The van der Waals surface area contributed by atoms with Gasteiger partial charge in [-0.1, -0.05) is 0 Å². The minimum absolute atomic E-state index is 0.0246. The number of aromatic nitrogens is 1. The molecular formula is C14H19F3N4O. The molecule has 1 aliphatic heterocycles. The highest BCUT2D eigenvalue weighted by molar-refractivity contribution is 5.78. The fourth-order valence-corrected chi connectivity index (χ4v) is 2.39. The third-order valence-corrected chi connectivity index (χ3v) is 3.60. The quantitative estimate of drug-likeness (QED) is 0.837. The molecule has 2 rings (SSSR count). The van der Waals surface area contributed by atoms with Gasteiger partial charge in [0.05, 0.1) is 6.54 Å². The van der Waals surface area contributed by atoms with Gasteiger partial charge in [-0.2, -0.15) is 13.2 Å². The van der Waals surface area contributed by atoms with Gasteiger partial charge in [-0.25, -0.2) is 0 Å². The number of hydrogen-bond donors (Lipinski definition) is 0. The maximum absolute atomic E-state index is 12.3. The van der Waals surface area contributed by atoms with Crippen LogP contribution >= 0.6 is 0 Å². The molecule has 0 bridgehead atoms. The zero-order valence-electron chi connectivity index (χ0n) is 12.4. The summed E-state index contributed by atoms with van der Waals surface area (Å²) in [5.74, 6) is -0.505. The number of hydrogen-bond acceptors (Lipinski definition) is 4. The number of pyridine rings is 1. The minimum atomic E-state index is -4.36. The van der Waals surface area contributed by atoms with Crippen LogP contribution in [0.5, 0.6) is 0 Å². The maximum Gasteiger partial charge on any atom is 0.406 e. The first-order chi connectivity index (χ1) is 10.3. The number of halogens is 3. The van der Waals surface area contributed by atoms with Gasteiger partial charge < -0.3 is 9.80 Å². The fraction of sp³-hybridized carbons (Fsp3) is 0.571. The molecule has 1 aromatic rings. The van der Waals surface area contributed by atoms with Crippen LogP contribution in [0, 0.1) is 0 Å². The van der Waals surface area contributed by atoms with E-state index in [0.29, 0.717) is 13.1 Å². The van der Waals surface area contributed by atoms with Crippen molar-refractivity contribution in [3.8, 4) is 0 Å². The third kappa shape index (κ3) is 4.87. The number of rotatable bonds is 4. The van der Waals surface area contributed by atoms with Crippen molar-refractivity contribution >= 4 is 11.6 Å². The van der Waals surface area contributed by atoms with Crippen molar-refractivity contribution in [1.82, 2.24) is 14.8 Å². The highest BCUT2D eigenvalue weighted by Gasteiger charge is 2.31. The molecule has 2 heterocycles. The lowest BCUT2D eigenvalue weighted by molar-refractivity contribution is -0.159. The van der Waals surface area contributed by atoms with Crippen molar-refractivity contribution in [2.45, 2.75) is 6.18 Å². The molecule has 1 fully saturated rings. The molecular weight excluding hydrogens is 297 g/mol. The van der Waals surface area contributed by atoms with Crippen LogP contribution in [0.2, 0.25) is 0 Å². The normalized spacial score (nSPS) is 16.6. The first-order valence-electron chi connectivity index (χ1n) is 7.03. The van der Waals surface area contributed by atoms with Gasteiger partial charge in [0.1, 0.15) is 6.54 Å². The van der Waals surface area contributed by atoms with Crippen LogP contribution < -0.4 is 4.90 Å². The molecule has 22 heavy (non-hydrogen) atoms. The molecule has 122 valence electrons. The third-order valence-electron chi connectivity index (χ3n) is 3.60. The standard InChI is InChI=1S/C14H19F3N4O/c1-19(11-14(15,16)17)13(22)10-20-6-8-21(9-7-20)12-2-4-18-5-3-12/h2-5H,6-11H2,1H3. The molecule has 1 saturated heterocycles. The Morgan fingerprint density at radius 3 is 2.36 bits per heavy atom. The summed E-state index contributed by atoms with van der Waals surface area (Å²) in [6, 6.07) is 3.83. The average Bonchev–Trinajstić information content (AvgIpc) is 2.47. The fourth-order valence-electron chi connectivity index (χ4n) is 2.39. The molecule has 0 spiro atoms. The van der Waals surface area contributed by atoms with Gasteiger partial charge in [0.2, 0.25) is 5.91 Å². The Labute approximate surface area is 127 Å². The van der Waals surface area contributed by atoms with Gasteiger partial charge >= 0.3 is 6.18 Å². The SMILES string of the molecule is CN(CC(F)(F)F)C(=O)CN1CCN(c2ccncc2)CC1. The summed E-state index contributed by atoms with van der Waals surface area (Å²) in [7, 11) is 1.18. The van der Waals surface area contributed by atoms with Crippen molar-refractivity contribution < 1.29 is 18.0 Å². The number of carbonyl (C=O) groups excluding carboxylic acids is 1. The molecule has 1 amide bonds. The Morgan fingerprint density at radius 2 is 1.82 bits per heavy atom. The first-order valence-corrected chi connectivity index (χ1v) is 7.03. The van der Waals surface area contributed by atoms with Crippen LogP contribution in [0.25, 0.3) is 0 Å². The van der Waals surface area contributed by atoms with E-state index < -0.39 is 18.6 Å². The molecule has 0 aromatic carbocycles. The second-order valence-electron chi connectivity index (χ2n) is 5.33. The van der Waals surface area contributed by atoms with Crippen molar-refractivity contribution in [3.05, 3.63) is 24.5 Å². The van der Waals surface area contributed by atoms with Gasteiger partial charge in [0, 0.05) is 51.3 Å². The lowest BCUT2D eigenvalue weighted by Crippen LogP contribution is -2.50. The number of nitrogens with zero attached hydrogens (tertiary/aromatic N) is 4. The Balaban J connectivity index is 1.79. The van der Waals surface area contributed by atoms with Crippen LogP contribution in [0.3, 0.4) is 0 Å². The summed E-state index contributed by atoms with van der Waals surface area (Å²) >= 11 is 0. The van der Waals surface area contributed by atoms with E-state index in [1.807, 2.05) is 17.0 Å². The summed E-state index contributed by atoms with van der Waals surface area (Å²) in [4.78, 5) is 20.5. The molecule has 1 aromatic heterocycles. The predicted octanol–water partition coefficient (Wildman–Crippen LogP) is 1.22. The summed E-state index contributed by atoms with van der Waals surface area (Å²) in [6.07, 6.45) is -0.918. The van der Waals surface area contributed by atoms with E-state index in [2.05, 4.69) is 9.88 Å². The highest BCUT2D eigenvalue weighted by Crippen LogP contribution is 2.17. The van der Waals surface area contributed by atoms with Gasteiger partial charge in [0.15, 0.2) is 0 Å². The highest BCUT2D eigenvalue weighted by atomic mass is 19.4. The van der Waals surface area contributed by atoms with Crippen LogP contribution in [-0.2, 0) is 4.79 Å². The van der Waals surface area contributed by atoms with Gasteiger partial charge in [-0.05, 0) is 12.1 Å². The van der Waals surface area contributed by atoms with Crippen molar-refractivity contribution in [2.75, 3.05) is 51.2 Å². The van der Waals surface area contributed by atoms with E-state index in [-0.39, 0.29) is 6.54 Å². The summed E-state index contributed by atoms with van der Waals surface area (Å²) < 4.78 is 36.8. The van der Waals surface area contributed by atoms with E-state index in [1.54, 1.807) is 12.4 Å². The second-order valence-corrected chi connectivity index (χ2v) is 5.33. The van der Waals surface area contributed by atoms with Gasteiger partial charge in [-0.3, -0.25) is 14.7 Å². The number of anilines is 1. The molecule has 0 radical (unpaired) electrons. The molecule has 0 saturated carbocycles. The first kappa shape index (κ1) is 16.5. The summed E-state index contributed by atoms with van der Waals surface area (Å²) in [6.45, 7) is 1.59. The Morgan fingerprint density at radius 1 is 1.23 bits per heavy atom. The molecule has 0 aliphatic carbocycles. The zero-order valence-corrected chi connectivity index (χ0v) is 12.4. The van der Waals surface area contributed by atoms with Gasteiger partial charge in [0.25, 0.3) is 0 Å². The number of likely N-dealkylation sites (N-methyl/N-ethyl adjacent to an activating group) is 1. The molecule has 0 N–H and O–H groups in total. The average molecular weight is 316 g/mol. The maximum atomic E-state index is 12.3. The molecule has 0 atom stereocenters. The lowest BCUT2D eigenvalue weighted by atomic mass is 10.2. The number of amides is 1. The van der Waals surface area contributed by atoms with E-state index >= 15 is 0 Å². The van der Waals surface area contributed by atoms with Crippen LogP contribution in [-0.4, -0.2) is 73.2 Å².